The monoisotopic (exact) mass is 95.0 g/mol. The number of nitrogens with zero attached hydrogens (tertiary/aromatic N) is 1. The summed E-state index contributed by atoms with van der Waals surface area (Å²) in [6.45, 7) is 1.96. The van der Waals surface area contributed by atoms with Crippen molar-refractivity contribution >= 4 is 6.21 Å². The quantitative estimate of drug-likeness (QED) is 0.404. The van der Waals surface area contributed by atoms with Gasteiger partial charge in [0, 0.05) is 0 Å². The average molecular weight is 95.1 g/mol. The second-order valence-corrected chi connectivity index (χ2v) is 1.38. The number of oxime groups is 1. The third-order valence-corrected chi connectivity index (χ3v) is 0.669. The molecule has 1 rings (SSSR count). The fourth-order valence-electron chi connectivity index (χ4n) is 0.305. The van der Waals surface area contributed by atoms with Crippen LogP contribution in [0.5, 0.6) is 0 Å². The van der Waals surface area contributed by atoms with Crippen molar-refractivity contribution in [1.29, 1.82) is 0 Å². The number of rotatable bonds is 0. The van der Waals surface area contributed by atoms with Crippen LogP contribution in [0, 0.1) is 17.9 Å². The lowest BCUT2D eigenvalue weighted by Gasteiger charge is -1.93. The Morgan fingerprint density at radius 3 is 3.00 bits per heavy atom. The Bertz CT molecular complexity index is 140. The van der Waals surface area contributed by atoms with Gasteiger partial charge < -0.3 is 4.84 Å². The maximum Gasteiger partial charge on any atom is 0.149 e. The fourth-order valence-corrected chi connectivity index (χ4v) is 0.305. The molecule has 0 fully saturated rings. The lowest BCUT2D eigenvalue weighted by Crippen LogP contribution is -1.94. The molecule has 0 spiro atoms. The topological polar surface area (TPSA) is 21.6 Å². The predicted octanol–water partition coefficient (Wildman–Crippen LogP) is 0.599. The summed E-state index contributed by atoms with van der Waals surface area (Å²) in [4.78, 5) is 4.35. The molecule has 2 heteroatoms. The van der Waals surface area contributed by atoms with Gasteiger partial charge in [-0.3, -0.25) is 0 Å². The first-order chi connectivity index (χ1) is 3.39. The summed E-state index contributed by atoms with van der Waals surface area (Å²) in [5.41, 5.74) is 0. The molecule has 0 saturated heterocycles. The lowest BCUT2D eigenvalue weighted by atomic mass is 10.2. The van der Waals surface area contributed by atoms with Crippen molar-refractivity contribution in [3.8, 4) is 12.0 Å². The minimum absolute atomic E-state index is 0.258. The van der Waals surface area contributed by atoms with Crippen molar-refractivity contribution in [2.24, 2.45) is 11.1 Å². The maximum absolute atomic E-state index is 4.35. The van der Waals surface area contributed by atoms with Gasteiger partial charge in [-0.05, 0) is 12.8 Å². The van der Waals surface area contributed by atoms with Crippen molar-refractivity contribution < 1.29 is 4.84 Å². The van der Waals surface area contributed by atoms with Crippen LogP contribution in [0.4, 0.5) is 0 Å². The summed E-state index contributed by atoms with van der Waals surface area (Å²) in [6, 6.07) is 0. The van der Waals surface area contributed by atoms with Crippen LogP contribution >= 0.6 is 0 Å². The van der Waals surface area contributed by atoms with Gasteiger partial charge in [-0.1, -0.05) is 5.16 Å². The van der Waals surface area contributed by atoms with Crippen LogP contribution in [-0.2, 0) is 4.84 Å². The van der Waals surface area contributed by atoms with E-state index in [0.717, 1.165) is 0 Å². The van der Waals surface area contributed by atoms with Crippen molar-refractivity contribution in [2.75, 3.05) is 0 Å². The Morgan fingerprint density at radius 1 is 1.86 bits per heavy atom. The summed E-state index contributed by atoms with van der Waals surface area (Å²) >= 11 is 0. The molecule has 0 amide bonds. The molecule has 0 bridgehead atoms. The van der Waals surface area contributed by atoms with Crippen molar-refractivity contribution in [3.63, 3.8) is 0 Å². The van der Waals surface area contributed by atoms with Crippen LogP contribution < -0.4 is 0 Å². The zero-order valence-corrected chi connectivity index (χ0v) is 4.01. The van der Waals surface area contributed by atoms with E-state index in [1.165, 1.54) is 0 Å². The highest BCUT2D eigenvalue weighted by Crippen LogP contribution is 1.90. The minimum Gasteiger partial charge on any atom is -0.304 e. The smallest absolute Gasteiger partial charge is 0.149 e. The summed E-state index contributed by atoms with van der Waals surface area (Å²) < 4.78 is 0. The maximum atomic E-state index is 4.35. The van der Waals surface area contributed by atoms with Crippen LogP contribution in [0.3, 0.4) is 0 Å². The van der Waals surface area contributed by atoms with E-state index < -0.39 is 0 Å². The molecule has 1 heterocycles. The Kier molecular flexibility index (Phi) is 0.991. The largest absolute Gasteiger partial charge is 0.304 e. The summed E-state index contributed by atoms with van der Waals surface area (Å²) in [5.74, 6) is 3.02. The SMILES string of the molecule is CC1C#CON=C1. The van der Waals surface area contributed by atoms with Gasteiger partial charge in [0.1, 0.15) is 6.11 Å². The van der Waals surface area contributed by atoms with E-state index in [4.69, 9.17) is 0 Å². The average Bonchev–Trinajstić information content (AvgIpc) is 1.69. The highest BCUT2D eigenvalue weighted by Gasteiger charge is 1.92. The van der Waals surface area contributed by atoms with Gasteiger partial charge in [0.2, 0.25) is 0 Å². The van der Waals surface area contributed by atoms with Gasteiger partial charge in [-0.15, -0.1) is 0 Å². The number of hydrogen-bond donors (Lipinski definition) is 0. The molecule has 0 saturated carbocycles. The number of hydrogen-bond acceptors (Lipinski definition) is 2. The second-order valence-electron chi connectivity index (χ2n) is 1.38. The molecule has 1 aliphatic rings. The van der Waals surface area contributed by atoms with E-state index in [1.807, 2.05) is 6.92 Å². The van der Waals surface area contributed by atoms with E-state index in [2.05, 4.69) is 22.0 Å². The molecule has 0 N–H and O–H groups in total. The van der Waals surface area contributed by atoms with E-state index >= 15 is 0 Å². The molecule has 0 aromatic carbocycles. The second kappa shape index (κ2) is 1.65. The highest BCUT2D eigenvalue weighted by molar-refractivity contribution is 5.64. The van der Waals surface area contributed by atoms with Crippen molar-refractivity contribution in [3.05, 3.63) is 0 Å². The molecular weight excluding hydrogens is 90.1 g/mol. The third kappa shape index (κ3) is 0.934. The van der Waals surface area contributed by atoms with Crippen LogP contribution in [-0.4, -0.2) is 6.21 Å². The van der Waals surface area contributed by atoms with Gasteiger partial charge in [0.05, 0.1) is 12.1 Å². The zero-order chi connectivity index (χ0) is 5.11. The van der Waals surface area contributed by atoms with E-state index in [1.54, 1.807) is 6.21 Å². The van der Waals surface area contributed by atoms with Crippen LogP contribution in [0.25, 0.3) is 0 Å². The third-order valence-electron chi connectivity index (χ3n) is 0.669. The molecule has 1 aliphatic heterocycles. The lowest BCUT2D eigenvalue weighted by molar-refractivity contribution is 0.294. The van der Waals surface area contributed by atoms with Gasteiger partial charge in [0.25, 0.3) is 0 Å². The van der Waals surface area contributed by atoms with Gasteiger partial charge in [-0.2, -0.15) is 0 Å². The van der Waals surface area contributed by atoms with Gasteiger partial charge in [-0.25, -0.2) is 0 Å². The fraction of sp³-hybridized carbons (Fsp3) is 0.400. The highest BCUT2D eigenvalue weighted by atomic mass is 16.6. The molecule has 0 aromatic rings. The minimum atomic E-state index is 0.258. The first kappa shape index (κ1) is 4.20. The van der Waals surface area contributed by atoms with Gasteiger partial charge in [0.15, 0.2) is 0 Å². The Labute approximate surface area is 42.2 Å². The first-order valence-corrected chi connectivity index (χ1v) is 2.09. The van der Waals surface area contributed by atoms with Crippen LogP contribution in [0.2, 0.25) is 0 Å². The van der Waals surface area contributed by atoms with E-state index in [0.29, 0.717) is 0 Å². The Hall–Kier alpha value is -0.970. The van der Waals surface area contributed by atoms with Crippen LogP contribution in [0.15, 0.2) is 5.16 Å². The van der Waals surface area contributed by atoms with Gasteiger partial charge >= 0.3 is 0 Å². The molecule has 0 aliphatic carbocycles. The zero-order valence-electron chi connectivity index (χ0n) is 4.01. The molecule has 0 radical (unpaired) electrons. The summed E-state index contributed by atoms with van der Waals surface area (Å²) in [6.07, 6.45) is 4.05. The van der Waals surface area contributed by atoms with E-state index in [9.17, 15) is 0 Å². The molecule has 1 unspecified atom stereocenters. The molecule has 7 heavy (non-hydrogen) atoms. The Morgan fingerprint density at radius 2 is 2.71 bits per heavy atom. The summed E-state index contributed by atoms with van der Waals surface area (Å²) in [5, 5.41) is 3.46. The van der Waals surface area contributed by atoms with Crippen molar-refractivity contribution in [2.45, 2.75) is 6.92 Å². The molecular formula is C5H5NO. The molecule has 36 valence electrons. The predicted molar refractivity (Wildman–Crippen MR) is 26.5 cm³/mol. The van der Waals surface area contributed by atoms with Crippen molar-refractivity contribution in [1.82, 2.24) is 0 Å². The Balaban J connectivity index is 2.59. The summed E-state index contributed by atoms with van der Waals surface area (Å²) in [7, 11) is 0. The van der Waals surface area contributed by atoms with E-state index in [-0.39, 0.29) is 5.92 Å². The molecule has 1 atom stereocenters. The first-order valence-electron chi connectivity index (χ1n) is 2.09. The normalized spacial score (nSPS) is 25.0. The standard InChI is InChI=1S/C5H5NO/c1-5-2-3-7-6-4-5/h4-5H,1H3. The molecule has 0 aromatic heterocycles. The molecule has 2 nitrogen and oxygen atoms in total. The van der Waals surface area contributed by atoms with Crippen LogP contribution in [0.1, 0.15) is 6.92 Å².